The van der Waals surface area contributed by atoms with Crippen molar-refractivity contribution in [1.29, 1.82) is 0 Å². The molecule has 0 saturated heterocycles. The average Bonchev–Trinajstić information content (AvgIpc) is 2.59. The Balaban J connectivity index is 1.79. The fourth-order valence-corrected chi connectivity index (χ4v) is 4.67. The predicted octanol–water partition coefficient (Wildman–Crippen LogP) is 3.08. The molecule has 0 unspecified atom stereocenters. The van der Waals surface area contributed by atoms with Gasteiger partial charge in [-0.2, -0.15) is 0 Å². The zero-order valence-electron chi connectivity index (χ0n) is 15.4. The third-order valence-electron chi connectivity index (χ3n) is 4.75. The molecule has 0 radical (unpaired) electrons. The fourth-order valence-electron chi connectivity index (χ4n) is 3.43. The lowest BCUT2D eigenvalue weighted by Gasteiger charge is -2.28. The molecule has 1 N–H and O–H groups in total. The minimum atomic E-state index is -3.57. The van der Waals surface area contributed by atoms with Crippen LogP contribution in [0.2, 0.25) is 0 Å². The zero-order valence-corrected chi connectivity index (χ0v) is 16.2. The van der Waals surface area contributed by atoms with Crippen LogP contribution in [0.25, 0.3) is 0 Å². The number of hydrogen-bond acceptors (Lipinski definition) is 3. The molecule has 5 nitrogen and oxygen atoms in total. The van der Waals surface area contributed by atoms with E-state index in [2.05, 4.69) is 4.72 Å². The lowest BCUT2D eigenvalue weighted by atomic mass is 9.99. The molecule has 0 aliphatic carbocycles. The predicted molar refractivity (Wildman–Crippen MR) is 103 cm³/mol. The number of nitrogens with one attached hydrogen (secondary N) is 1. The van der Waals surface area contributed by atoms with Gasteiger partial charge in [-0.25, -0.2) is 13.1 Å². The van der Waals surface area contributed by atoms with E-state index in [1.165, 1.54) is 0 Å². The number of anilines is 1. The standard InChI is InChI=1S/C20H24N2O3S/c1-4-22-18-8-6-16(12-17(18)7-10-20(22)23)13-21-26(24,25)19-9-5-14(2)11-15(19)3/h5-6,8-9,11-12,21H,4,7,10,13H2,1-3H3. The number of aryl methyl sites for hydroxylation is 3. The summed E-state index contributed by atoms with van der Waals surface area (Å²) in [6.45, 7) is 6.57. The Kier molecular flexibility index (Phi) is 5.16. The molecule has 0 bridgehead atoms. The van der Waals surface area contributed by atoms with Crippen LogP contribution in [0.5, 0.6) is 0 Å². The van der Waals surface area contributed by atoms with Gasteiger partial charge in [-0.3, -0.25) is 4.79 Å². The van der Waals surface area contributed by atoms with E-state index in [1.54, 1.807) is 24.0 Å². The Labute approximate surface area is 155 Å². The van der Waals surface area contributed by atoms with Gasteiger partial charge in [0.1, 0.15) is 0 Å². The molecule has 0 atom stereocenters. The largest absolute Gasteiger partial charge is 0.312 e. The molecule has 0 fully saturated rings. The summed E-state index contributed by atoms with van der Waals surface area (Å²) in [5, 5.41) is 0. The number of rotatable bonds is 5. The van der Waals surface area contributed by atoms with E-state index in [9.17, 15) is 13.2 Å². The van der Waals surface area contributed by atoms with Gasteiger partial charge in [-0.05, 0) is 56.0 Å². The summed E-state index contributed by atoms with van der Waals surface area (Å²) in [4.78, 5) is 14.1. The lowest BCUT2D eigenvalue weighted by Crippen LogP contribution is -2.34. The van der Waals surface area contributed by atoms with Crippen molar-refractivity contribution in [1.82, 2.24) is 4.72 Å². The fraction of sp³-hybridized carbons (Fsp3) is 0.350. The van der Waals surface area contributed by atoms with Crippen molar-refractivity contribution in [3.05, 3.63) is 58.7 Å². The Morgan fingerprint density at radius 3 is 2.54 bits per heavy atom. The number of carbonyl (C=O) groups excluding carboxylic acids is 1. The van der Waals surface area contributed by atoms with Crippen LogP contribution in [0.4, 0.5) is 5.69 Å². The zero-order chi connectivity index (χ0) is 18.9. The molecule has 3 rings (SSSR count). The van der Waals surface area contributed by atoms with E-state index in [1.807, 2.05) is 38.1 Å². The topological polar surface area (TPSA) is 66.5 Å². The van der Waals surface area contributed by atoms with Gasteiger partial charge in [0.05, 0.1) is 4.90 Å². The highest BCUT2D eigenvalue weighted by Gasteiger charge is 2.23. The Hall–Kier alpha value is -2.18. The molecule has 0 aromatic heterocycles. The van der Waals surface area contributed by atoms with Gasteiger partial charge in [-0.1, -0.05) is 29.8 Å². The molecule has 138 valence electrons. The first-order valence-electron chi connectivity index (χ1n) is 8.81. The maximum atomic E-state index is 12.6. The van der Waals surface area contributed by atoms with Gasteiger partial charge in [-0.15, -0.1) is 0 Å². The first-order valence-corrected chi connectivity index (χ1v) is 10.3. The molecular formula is C20H24N2O3S. The van der Waals surface area contributed by atoms with Crippen molar-refractivity contribution in [2.75, 3.05) is 11.4 Å². The summed E-state index contributed by atoms with van der Waals surface area (Å²) in [5.41, 5.74) is 4.69. The van der Waals surface area contributed by atoms with E-state index in [0.717, 1.165) is 27.9 Å². The number of nitrogens with zero attached hydrogens (tertiary/aromatic N) is 1. The number of sulfonamides is 1. The highest BCUT2D eigenvalue weighted by Crippen LogP contribution is 2.28. The van der Waals surface area contributed by atoms with E-state index in [-0.39, 0.29) is 12.5 Å². The van der Waals surface area contributed by atoms with Gasteiger partial charge in [0.2, 0.25) is 15.9 Å². The maximum absolute atomic E-state index is 12.6. The maximum Gasteiger partial charge on any atom is 0.241 e. The summed E-state index contributed by atoms with van der Waals surface area (Å²) in [6, 6.07) is 11.1. The smallest absolute Gasteiger partial charge is 0.241 e. The van der Waals surface area contributed by atoms with Crippen molar-refractivity contribution < 1.29 is 13.2 Å². The quantitative estimate of drug-likeness (QED) is 0.877. The summed E-state index contributed by atoms with van der Waals surface area (Å²) in [5.74, 6) is 0.142. The SMILES string of the molecule is CCN1C(=O)CCc2cc(CNS(=O)(=O)c3ccc(C)cc3C)ccc21. The summed E-state index contributed by atoms with van der Waals surface area (Å²) in [6.07, 6.45) is 1.20. The molecule has 6 heteroatoms. The van der Waals surface area contributed by atoms with Crippen molar-refractivity contribution >= 4 is 21.6 Å². The van der Waals surface area contributed by atoms with Crippen LogP contribution < -0.4 is 9.62 Å². The van der Waals surface area contributed by atoms with Gasteiger partial charge in [0.15, 0.2) is 0 Å². The minimum absolute atomic E-state index is 0.142. The molecule has 1 aliphatic heterocycles. The minimum Gasteiger partial charge on any atom is -0.312 e. The van der Waals surface area contributed by atoms with Crippen molar-refractivity contribution in [2.45, 2.75) is 45.1 Å². The third kappa shape index (κ3) is 3.66. The third-order valence-corrected chi connectivity index (χ3v) is 6.31. The monoisotopic (exact) mass is 372 g/mol. The number of carbonyl (C=O) groups is 1. The molecule has 1 amide bonds. The molecule has 0 saturated carbocycles. The van der Waals surface area contributed by atoms with E-state index >= 15 is 0 Å². The van der Waals surface area contributed by atoms with E-state index < -0.39 is 10.0 Å². The molecule has 2 aromatic rings. The Bertz CT molecular complexity index is 952. The number of amides is 1. The molecule has 2 aromatic carbocycles. The highest BCUT2D eigenvalue weighted by molar-refractivity contribution is 7.89. The summed E-state index contributed by atoms with van der Waals surface area (Å²) in [7, 11) is -3.57. The lowest BCUT2D eigenvalue weighted by molar-refractivity contribution is -0.118. The van der Waals surface area contributed by atoms with E-state index in [4.69, 9.17) is 0 Å². The van der Waals surface area contributed by atoms with Gasteiger partial charge >= 0.3 is 0 Å². The first kappa shape index (κ1) is 18.6. The van der Waals surface area contributed by atoms with Gasteiger partial charge in [0.25, 0.3) is 0 Å². The van der Waals surface area contributed by atoms with Crippen molar-refractivity contribution in [3.8, 4) is 0 Å². The van der Waals surface area contributed by atoms with Gasteiger partial charge in [0, 0.05) is 25.2 Å². The van der Waals surface area contributed by atoms with Crippen molar-refractivity contribution in [3.63, 3.8) is 0 Å². The summed E-state index contributed by atoms with van der Waals surface area (Å²) < 4.78 is 27.9. The summed E-state index contributed by atoms with van der Waals surface area (Å²) >= 11 is 0. The molecule has 1 heterocycles. The highest BCUT2D eigenvalue weighted by atomic mass is 32.2. The molecule has 0 spiro atoms. The normalized spacial score (nSPS) is 14.4. The number of hydrogen-bond donors (Lipinski definition) is 1. The molecule has 1 aliphatic rings. The first-order chi connectivity index (χ1) is 12.3. The second kappa shape index (κ2) is 7.21. The van der Waals surface area contributed by atoms with Crippen LogP contribution in [0.3, 0.4) is 0 Å². The van der Waals surface area contributed by atoms with E-state index in [0.29, 0.717) is 24.3 Å². The number of fused-ring (bicyclic) bond motifs is 1. The molecular weight excluding hydrogens is 348 g/mol. The van der Waals surface area contributed by atoms with Crippen LogP contribution in [0.15, 0.2) is 41.3 Å². The van der Waals surface area contributed by atoms with Crippen LogP contribution in [-0.4, -0.2) is 20.9 Å². The van der Waals surface area contributed by atoms with Crippen LogP contribution in [-0.2, 0) is 27.8 Å². The second-order valence-corrected chi connectivity index (χ2v) is 8.43. The van der Waals surface area contributed by atoms with Crippen LogP contribution in [0.1, 0.15) is 35.6 Å². The second-order valence-electron chi connectivity index (χ2n) is 6.69. The number of benzene rings is 2. The molecule has 26 heavy (non-hydrogen) atoms. The van der Waals surface area contributed by atoms with Crippen LogP contribution >= 0.6 is 0 Å². The van der Waals surface area contributed by atoms with Crippen LogP contribution in [0, 0.1) is 13.8 Å². The average molecular weight is 372 g/mol. The Morgan fingerprint density at radius 1 is 1.08 bits per heavy atom. The van der Waals surface area contributed by atoms with Gasteiger partial charge < -0.3 is 4.90 Å². The Morgan fingerprint density at radius 2 is 1.85 bits per heavy atom. The van der Waals surface area contributed by atoms with Crippen molar-refractivity contribution in [2.24, 2.45) is 0 Å².